The van der Waals surface area contributed by atoms with E-state index < -0.39 is 0 Å². The van der Waals surface area contributed by atoms with Gasteiger partial charge in [-0.2, -0.15) is 0 Å². The molecule has 3 heterocycles. The Labute approximate surface area is 179 Å². The van der Waals surface area contributed by atoms with Crippen LogP contribution in [-0.4, -0.2) is 59.0 Å². The molecular weight excluding hydrogens is 376 g/mol. The maximum atomic E-state index is 12.9. The van der Waals surface area contributed by atoms with Crippen molar-refractivity contribution in [1.29, 1.82) is 0 Å². The summed E-state index contributed by atoms with van der Waals surface area (Å²) >= 11 is 0. The molecule has 1 aromatic heterocycles. The highest BCUT2D eigenvalue weighted by molar-refractivity contribution is 5.93. The summed E-state index contributed by atoms with van der Waals surface area (Å²) in [5.41, 5.74) is 3.50. The number of benzene rings is 1. The van der Waals surface area contributed by atoms with Gasteiger partial charge in [-0.1, -0.05) is 38.1 Å². The summed E-state index contributed by atoms with van der Waals surface area (Å²) in [6, 6.07) is 9.34. The largest absolute Gasteiger partial charge is 0.467 e. The Bertz CT molecular complexity index is 866. The Kier molecular flexibility index (Phi) is 6.04. The Balaban J connectivity index is 1.38. The second kappa shape index (κ2) is 8.72. The van der Waals surface area contributed by atoms with Gasteiger partial charge < -0.3 is 9.64 Å². The molecule has 1 aromatic carbocycles. The van der Waals surface area contributed by atoms with E-state index >= 15 is 0 Å². The SMILES string of the molecule is COc1ncc(C(=O)N2CC[C@@]3(CCCN(Cc4ccc(C(C)C)cc4)C3)C2)cn1. The number of carbonyl (C=O) groups excluding carboxylic acids is 1. The molecule has 160 valence electrons. The highest BCUT2D eigenvalue weighted by atomic mass is 16.5. The summed E-state index contributed by atoms with van der Waals surface area (Å²) < 4.78 is 4.99. The quantitative estimate of drug-likeness (QED) is 0.754. The van der Waals surface area contributed by atoms with Crippen LogP contribution in [0.5, 0.6) is 6.01 Å². The average molecular weight is 409 g/mol. The summed E-state index contributed by atoms with van der Waals surface area (Å²) in [5.74, 6) is 0.589. The number of nitrogens with zero attached hydrogens (tertiary/aromatic N) is 4. The van der Waals surface area contributed by atoms with Crippen LogP contribution >= 0.6 is 0 Å². The molecule has 1 atom stereocenters. The molecule has 0 N–H and O–H groups in total. The van der Waals surface area contributed by atoms with Crippen molar-refractivity contribution in [2.45, 2.75) is 45.6 Å². The van der Waals surface area contributed by atoms with E-state index in [1.54, 1.807) is 12.4 Å². The van der Waals surface area contributed by atoms with Gasteiger partial charge in [-0.3, -0.25) is 9.69 Å². The first-order valence-electron chi connectivity index (χ1n) is 10.9. The van der Waals surface area contributed by atoms with Crippen LogP contribution in [0.4, 0.5) is 0 Å². The first-order valence-corrected chi connectivity index (χ1v) is 10.9. The van der Waals surface area contributed by atoms with Gasteiger partial charge in [-0.25, -0.2) is 9.97 Å². The molecule has 2 aromatic rings. The van der Waals surface area contributed by atoms with Crippen molar-refractivity contribution in [1.82, 2.24) is 19.8 Å². The number of piperidine rings is 1. The van der Waals surface area contributed by atoms with E-state index in [1.807, 2.05) is 4.90 Å². The van der Waals surface area contributed by atoms with Crippen molar-refractivity contribution in [2.24, 2.45) is 5.41 Å². The van der Waals surface area contributed by atoms with E-state index in [2.05, 4.69) is 53.0 Å². The van der Waals surface area contributed by atoms with E-state index in [4.69, 9.17) is 4.74 Å². The highest BCUT2D eigenvalue weighted by Crippen LogP contribution is 2.39. The number of carbonyl (C=O) groups is 1. The van der Waals surface area contributed by atoms with Crippen molar-refractivity contribution in [2.75, 3.05) is 33.3 Å². The summed E-state index contributed by atoms with van der Waals surface area (Å²) in [5, 5.41) is 0. The second-order valence-corrected chi connectivity index (χ2v) is 9.15. The number of ether oxygens (including phenoxy) is 1. The molecule has 4 rings (SSSR count). The van der Waals surface area contributed by atoms with E-state index in [9.17, 15) is 4.79 Å². The van der Waals surface area contributed by atoms with Gasteiger partial charge in [0, 0.05) is 44.0 Å². The molecule has 2 aliphatic rings. The lowest BCUT2D eigenvalue weighted by molar-refractivity contribution is 0.0674. The lowest BCUT2D eigenvalue weighted by Crippen LogP contribution is -2.45. The molecule has 6 nitrogen and oxygen atoms in total. The maximum absolute atomic E-state index is 12.9. The normalized spacial score (nSPS) is 22.1. The molecule has 0 radical (unpaired) electrons. The third kappa shape index (κ3) is 4.48. The van der Waals surface area contributed by atoms with E-state index in [0.717, 1.165) is 39.1 Å². The molecular formula is C24H32N4O2. The Morgan fingerprint density at radius 1 is 1.10 bits per heavy atom. The van der Waals surface area contributed by atoms with Gasteiger partial charge in [0.2, 0.25) is 0 Å². The zero-order valence-corrected chi connectivity index (χ0v) is 18.3. The van der Waals surface area contributed by atoms with Gasteiger partial charge in [0.1, 0.15) is 0 Å². The Morgan fingerprint density at radius 2 is 1.83 bits per heavy atom. The lowest BCUT2D eigenvalue weighted by atomic mass is 9.79. The molecule has 2 fully saturated rings. The van der Waals surface area contributed by atoms with Crippen molar-refractivity contribution < 1.29 is 9.53 Å². The monoisotopic (exact) mass is 408 g/mol. The molecule has 2 aliphatic heterocycles. The molecule has 6 heteroatoms. The van der Waals surface area contributed by atoms with Crippen molar-refractivity contribution in [3.05, 3.63) is 53.3 Å². The number of methoxy groups -OCH3 is 1. The van der Waals surface area contributed by atoms with Gasteiger partial charge >= 0.3 is 6.01 Å². The predicted molar refractivity (Wildman–Crippen MR) is 117 cm³/mol. The molecule has 1 amide bonds. The van der Waals surface area contributed by atoms with Crippen LogP contribution in [0.2, 0.25) is 0 Å². The van der Waals surface area contributed by atoms with Gasteiger partial charge in [0.05, 0.1) is 12.7 Å². The minimum atomic E-state index is 0.0240. The fourth-order valence-electron chi connectivity index (χ4n) is 4.87. The summed E-state index contributed by atoms with van der Waals surface area (Å²) in [6.07, 6.45) is 6.58. The average Bonchev–Trinajstić information content (AvgIpc) is 3.16. The minimum absolute atomic E-state index is 0.0240. The number of amides is 1. The molecule has 2 saturated heterocycles. The number of hydrogen-bond donors (Lipinski definition) is 0. The van der Waals surface area contributed by atoms with E-state index in [-0.39, 0.29) is 17.3 Å². The van der Waals surface area contributed by atoms with Crippen LogP contribution in [0.1, 0.15) is 60.5 Å². The topological polar surface area (TPSA) is 58.6 Å². The van der Waals surface area contributed by atoms with Crippen molar-refractivity contribution >= 4 is 5.91 Å². The van der Waals surface area contributed by atoms with E-state index in [0.29, 0.717) is 11.5 Å². The number of likely N-dealkylation sites (tertiary alicyclic amines) is 2. The summed E-state index contributed by atoms with van der Waals surface area (Å²) in [4.78, 5) is 25.6. The zero-order valence-electron chi connectivity index (χ0n) is 18.3. The predicted octanol–water partition coefficient (Wildman–Crippen LogP) is 3.74. The number of aromatic nitrogens is 2. The number of rotatable bonds is 5. The third-order valence-electron chi connectivity index (χ3n) is 6.58. The maximum Gasteiger partial charge on any atom is 0.316 e. The van der Waals surface area contributed by atoms with E-state index in [1.165, 1.54) is 31.1 Å². The second-order valence-electron chi connectivity index (χ2n) is 9.15. The zero-order chi connectivity index (χ0) is 21.1. The fourth-order valence-corrected chi connectivity index (χ4v) is 4.87. The standard InChI is InChI=1S/C24H32N4O2/c1-18(2)20-7-5-19(6-8-20)15-27-11-4-9-24(16-27)10-12-28(17-24)22(29)21-13-25-23(30-3)26-14-21/h5-8,13-14,18H,4,9-12,15-17H2,1-3H3/t24-/m1/s1. The molecule has 0 saturated carbocycles. The third-order valence-corrected chi connectivity index (χ3v) is 6.58. The van der Waals surface area contributed by atoms with Crippen LogP contribution in [-0.2, 0) is 6.54 Å². The van der Waals surface area contributed by atoms with Gasteiger partial charge in [-0.05, 0) is 42.9 Å². The lowest BCUT2D eigenvalue weighted by Gasteiger charge is -2.40. The fraction of sp³-hybridized carbons (Fsp3) is 0.542. The van der Waals surface area contributed by atoms with Crippen molar-refractivity contribution in [3.8, 4) is 6.01 Å². The van der Waals surface area contributed by atoms with Crippen molar-refractivity contribution in [3.63, 3.8) is 0 Å². The van der Waals surface area contributed by atoms with Gasteiger partial charge in [0.15, 0.2) is 0 Å². The van der Waals surface area contributed by atoms with Crippen LogP contribution in [0.3, 0.4) is 0 Å². The molecule has 1 spiro atoms. The van der Waals surface area contributed by atoms with Crippen LogP contribution in [0.15, 0.2) is 36.7 Å². The summed E-state index contributed by atoms with van der Waals surface area (Å²) in [6.45, 7) is 9.27. The Morgan fingerprint density at radius 3 is 2.50 bits per heavy atom. The first kappa shape index (κ1) is 20.8. The van der Waals surface area contributed by atoms with Crippen LogP contribution < -0.4 is 4.74 Å². The Hall–Kier alpha value is -2.47. The molecule has 0 unspecified atom stereocenters. The smallest absolute Gasteiger partial charge is 0.316 e. The van der Waals surface area contributed by atoms with Gasteiger partial charge in [-0.15, -0.1) is 0 Å². The number of hydrogen-bond acceptors (Lipinski definition) is 5. The van der Waals surface area contributed by atoms with Crippen LogP contribution in [0, 0.1) is 5.41 Å². The van der Waals surface area contributed by atoms with Gasteiger partial charge in [0.25, 0.3) is 5.91 Å². The first-order chi connectivity index (χ1) is 14.5. The van der Waals surface area contributed by atoms with Crippen LogP contribution in [0.25, 0.3) is 0 Å². The molecule has 30 heavy (non-hydrogen) atoms. The molecule has 0 bridgehead atoms. The molecule has 0 aliphatic carbocycles. The summed E-state index contributed by atoms with van der Waals surface area (Å²) in [7, 11) is 1.52. The minimum Gasteiger partial charge on any atom is -0.467 e. The highest BCUT2D eigenvalue weighted by Gasteiger charge is 2.42.